The molecule has 1 saturated heterocycles. The number of hydrogen-bond acceptors (Lipinski definition) is 3. The lowest BCUT2D eigenvalue weighted by atomic mass is 9.98. The summed E-state index contributed by atoms with van der Waals surface area (Å²) in [6.45, 7) is 4.58. The van der Waals surface area contributed by atoms with Crippen LogP contribution in [0.1, 0.15) is 11.3 Å². The standard InChI is InChI=1S/C21H25N3O/c1-23-9-7-19-13-17(5-6-21(19)23)12-18-14-24(10-11-25-16-18)15-20-4-2-3-8-22-20/h2-9,13,18H,10-12,14-16H2,1H3. The zero-order valence-corrected chi connectivity index (χ0v) is 14.8. The van der Waals surface area contributed by atoms with E-state index in [1.807, 2.05) is 12.3 Å². The fraction of sp³-hybridized carbons (Fsp3) is 0.381. The van der Waals surface area contributed by atoms with Gasteiger partial charge in [-0.1, -0.05) is 12.1 Å². The largest absolute Gasteiger partial charge is 0.380 e. The van der Waals surface area contributed by atoms with Gasteiger partial charge in [0.15, 0.2) is 0 Å². The van der Waals surface area contributed by atoms with E-state index in [1.54, 1.807) is 0 Å². The van der Waals surface area contributed by atoms with E-state index in [9.17, 15) is 0 Å². The van der Waals surface area contributed by atoms with E-state index in [2.05, 4.69) is 64.1 Å². The summed E-state index contributed by atoms with van der Waals surface area (Å²) >= 11 is 0. The van der Waals surface area contributed by atoms with Crippen LogP contribution in [-0.2, 0) is 24.8 Å². The summed E-state index contributed by atoms with van der Waals surface area (Å²) in [6.07, 6.45) is 5.05. The van der Waals surface area contributed by atoms with E-state index < -0.39 is 0 Å². The maximum Gasteiger partial charge on any atom is 0.0593 e. The summed E-state index contributed by atoms with van der Waals surface area (Å²) in [6, 6.07) is 15.1. The van der Waals surface area contributed by atoms with Crippen LogP contribution >= 0.6 is 0 Å². The highest BCUT2D eigenvalue weighted by Gasteiger charge is 2.19. The second kappa shape index (κ2) is 7.38. The quantitative estimate of drug-likeness (QED) is 0.733. The molecule has 4 heteroatoms. The Labute approximate surface area is 149 Å². The smallest absolute Gasteiger partial charge is 0.0593 e. The Hall–Kier alpha value is -2.17. The summed E-state index contributed by atoms with van der Waals surface area (Å²) in [7, 11) is 2.09. The molecule has 3 heterocycles. The summed E-state index contributed by atoms with van der Waals surface area (Å²) in [4.78, 5) is 6.94. The molecule has 0 radical (unpaired) electrons. The van der Waals surface area contributed by atoms with Gasteiger partial charge < -0.3 is 9.30 Å². The molecular weight excluding hydrogens is 310 g/mol. The number of aromatic nitrogens is 2. The second-order valence-electron chi connectivity index (χ2n) is 7.02. The maximum absolute atomic E-state index is 5.87. The fourth-order valence-electron chi connectivity index (χ4n) is 3.73. The molecule has 2 aromatic heterocycles. The molecule has 1 unspecified atom stereocenters. The first-order valence-corrected chi connectivity index (χ1v) is 9.02. The molecule has 0 bridgehead atoms. The van der Waals surface area contributed by atoms with Crippen molar-refractivity contribution in [3.63, 3.8) is 0 Å². The van der Waals surface area contributed by atoms with Gasteiger partial charge in [0.25, 0.3) is 0 Å². The molecule has 1 fully saturated rings. The van der Waals surface area contributed by atoms with Crippen LogP contribution in [0.3, 0.4) is 0 Å². The molecule has 0 aliphatic carbocycles. The van der Waals surface area contributed by atoms with E-state index in [0.29, 0.717) is 5.92 Å². The molecule has 1 aliphatic heterocycles. The van der Waals surface area contributed by atoms with E-state index in [-0.39, 0.29) is 0 Å². The minimum atomic E-state index is 0.521. The van der Waals surface area contributed by atoms with Gasteiger partial charge in [-0.3, -0.25) is 9.88 Å². The minimum Gasteiger partial charge on any atom is -0.380 e. The Morgan fingerprint density at radius 1 is 1.20 bits per heavy atom. The average molecular weight is 335 g/mol. The first kappa shape index (κ1) is 16.3. The predicted molar refractivity (Wildman–Crippen MR) is 100 cm³/mol. The van der Waals surface area contributed by atoms with Crippen molar-refractivity contribution in [1.82, 2.24) is 14.5 Å². The summed E-state index contributed by atoms with van der Waals surface area (Å²) in [5.41, 5.74) is 3.82. The van der Waals surface area contributed by atoms with Gasteiger partial charge in [0.05, 0.1) is 18.9 Å². The van der Waals surface area contributed by atoms with Gasteiger partial charge in [-0.05, 0) is 53.6 Å². The van der Waals surface area contributed by atoms with E-state index in [4.69, 9.17) is 4.74 Å². The SMILES string of the molecule is Cn1ccc2cc(CC3COCCN(Cc4ccccn4)C3)ccc21. The molecule has 1 atom stereocenters. The van der Waals surface area contributed by atoms with Gasteiger partial charge in [-0.2, -0.15) is 0 Å². The minimum absolute atomic E-state index is 0.521. The molecule has 1 aromatic carbocycles. The molecule has 4 nitrogen and oxygen atoms in total. The van der Waals surface area contributed by atoms with Crippen LogP contribution in [0.4, 0.5) is 0 Å². The van der Waals surface area contributed by atoms with Gasteiger partial charge >= 0.3 is 0 Å². The molecule has 0 N–H and O–H groups in total. The lowest BCUT2D eigenvalue weighted by molar-refractivity contribution is 0.121. The first-order chi connectivity index (χ1) is 12.3. The van der Waals surface area contributed by atoms with Crippen molar-refractivity contribution in [1.29, 1.82) is 0 Å². The predicted octanol–water partition coefficient (Wildman–Crippen LogP) is 3.26. The van der Waals surface area contributed by atoms with E-state index in [1.165, 1.54) is 16.5 Å². The van der Waals surface area contributed by atoms with Crippen LogP contribution < -0.4 is 0 Å². The van der Waals surface area contributed by atoms with Gasteiger partial charge in [-0.25, -0.2) is 0 Å². The lowest BCUT2D eigenvalue weighted by Gasteiger charge is -2.23. The molecular formula is C21H25N3O. The van der Waals surface area contributed by atoms with Crippen molar-refractivity contribution in [2.45, 2.75) is 13.0 Å². The van der Waals surface area contributed by atoms with Crippen LogP contribution in [0.5, 0.6) is 0 Å². The second-order valence-corrected chi connectivity index (χ2v) is 7.02. The highest BCUT2D eigenvalue weighted by molar-refractivity contribution is 5.80. The van der Waals surface area contributed by atoms with Crippen molar-refractivity contribution < 1.29 is 4.74 Å². The number of nitrogens with zero attached hydrogens (tertiary/aromatic N) is 3. The molecule has 130 valence electrons. The third-order valence-corrected chi connectivity index (χ3v) is 5.01. The highest BCUT2D eigenvalue weighted by Crippen LogP contribution is 2.20. The van der Waals surface area contributed by atoms with Crippen LogP contribution in [0.25, 0.3) is 10.9 Å². The number of pyridine rings is 1. The molecule has 3 aromatic rings. The van der Waals surface area contributed by atoms with Crippen molar-refractivity contribution in [3.05, 3.63) is 66.1 Å². The Balaban J connectivity index is 1.44. The molecule has 0 amide bonds. The maximum atomic E-state index is 5.87. The van der Waals surface area contributed by atoms with Gasteiger partial charge in [-0.15, -0.1) is 0 Å². The Morgan fingerprint density at radius 2 is 2.16 bits per heavy atom. The zero-order chi connectivity index (χ0) is 17.1. The number of rotatable bonds is 4. The van der Waals surface area contributed by atoms with Crippen LogP contribution in [0.2, 0.25) is 0 Å². The Kier molecular flexibility index (Phi) is 4.81. The van der Waals surface area contributed by atoms with E-state index >= 15 is 0 Å². The Morgan fingerprint density at radius 3 is 3.04 bits per heavy atom. The Bertz CT molecular complexity index is 828. The third-order valence-electron chi connectivity index (χ3n) is 5.01. The zero-order valence-electron chi connectivity index (χ0n) is 14.8. The van der Waals surface area contributed by atoms with Crippen molar-refractivity contribution >= 4 is 10.9 Å². The fourth-order valence-corrected chi connectivity index (χ4v) is 3.73. The van der Waals surface area contributed by atoms with Gasteiger partial charge in [0.2, 0.25) is 0 Å². The number of benzene rings is 1. The highest BCUT2D eigenvalue weighted by atomic mass is 16.5. The van der Waals surface area contributed by atoms with E-state index in [0.717, 1.165) is 45.0 Å². The monoisotopic (exact) mass is 335 g/mol. The third kappa shape index (κ3) is 3.91. The normalized spacial score (nSPS) is 19.2. The first-order valence-electron chi connectivity index (χ1n) is 9.02. The molecule has 0 spiro atoms. The van der Waals surface area contributed by atoms with Crippen molar-refractivity contribution in [2.24, 2.45) is 13.0 Å². The van der Waals surface area contributed by atoms with Crippen molar-refractivity contribution in [3.8, 4) is 0 Å². The lowest BCUT2D eigenvalue weighted by Crippen LogP contribution is -2.30. The molecule has 0 saturated carbocycles. The summed E-state index contributed by atoms with van der Waals surface area (Å²) in [5.74, 6) is 0.521. The summed E-state index contributed by atoms with van der Waals surface area (Å²) < 4.78 is 8.04. The molecule has 4 rings (SSSR count). The number of ether oxygens (including phenoxy) is 1. The van der Waals surface area contributed by atoms with Gasteiger partial charge in [0.1, 0.15) is 0 Å². The summed E-state index contributed by atoms with van der Waals surface area (Å²) in [5, 5.41) is 1.32. The van der Waals surface area contributed by atoms with Crippen LogP contribution in [0, 0.1) is 5.92 Å². The van der Waals surface area contributed by atoms with Crippen LogP contribution in [-0.4, -0.2) is 40.8 Å². The number of fused-ring (bicyclic) bond motifs is 1. The van der Waals surface area contributed by atoms with Gasteiger partial charge in [0, 0.05) is 44.6 Å². The number of hydrogen-bond donors (Lipinski definition) is 0. The van der Waals surface area contributed by atoms with Crippen molar-refractivity contribution in [2.75, 3.05) is 26.3 Å². The topological polar surface area (TPSA) is 30.3 Å². The number of aryl methyl sites for hydroxylation is 1. The van der Waals surface area contributed by atoms with Crippen LogP contribution in [0.15, 0.2) is 54.9 Å². The molecule has 1 aliphatic rings. The average Bonchev–Trinajstić information content (AvgIpc) is 2.85. The molecule has 25 heavy (non-hydrogen) atoms.